The van der Waals surface area contributed by atoms with Gasteiger partial charge in [0, 0.05) is 11.0 Å². The molecule has 1 aromatic heterocycles. The molecular weight excluding hydrogens is 324 g/mol. The largest absolute Gasteiger partial charge is 0.326 e. The lowest BCUT2D eigenvalue weighted by Crippen LogP contribution is -2.12. The highest BCUT2D eigenvalue weighted by molar-refractivity contribution is 9.10. The maximum atomic E-state index is 6.30. The summed E-state index contributed by atoms with van der Waals surface area (Å²) >= 11 is 9.85. The van der Waals surface area contributed by atoms with Crippen LogP contribution in [0, 0.1) is 11.8 Å². The smallest absolute Gasteiger partial charge is 0.127 e. The molecule has 1 aliphatic rings. The standard InChI is InChI=1S/C15H18BrClN2/c1-9(11-3-4-11)8-19-14-7-12(16)5-6-13(14)18-15(19)10(2)17/h5-7,9-11H,3-4,8H2,1-2H3. The molecule has 0 bridgehead atoms. The molecule has 0 N–H and O–H groups in total. The molecule has 2 nitrogen and oxygen atoms in total. The predicted molar refractivity (Wildman–Crippen MR) is 83.6 cm³/mol. The first-order chi connectivity index (χ1) is 9.06. The zero-order chi connectivity index (χ0) is 13.6. The number of halogens is 2. The van der Waals surface area contributed by atoms with E-state index < -0.39 is 0 Å². The normalized spacial score (nSPS) is 18.7. The lowest BCUT2D eigenvalue weighted by atomic mass is 10.1. The summed E-state index contributed by atoms with van der Waals surface area (Å²) in [6, 6.07) is 6.23. The molecule has 0 saturated heterocycles. The summed E-state index contributed by atoms with van der Waals surface area (Å²) in [5.74, 6) is 2.58. The van der Waals surface area contributed by atoms with Gasteiger partial charge in [0.15, 0.2) is 0 Å². The molecule has 0 spiro atoms. The van der Waals surface area contributed by atoms with Gasteiger partial charge in [0.25, 0.3) is 0 Å². The maximum absolute atomic E-state index is 6.30. The fourth-order valence-electron chi connectivity index (χ4n) is 2.71. The second kappa shape index (κ2) is 5.10. The quantitative estimate of drug-likeness (QED) is 0.704. The van der Waals surface area contributed by atoms with Crippen molar-refractivity contribution in [3.63, 3.8) is 0 Å². The van der Waals surface area contributed by atoms with E-state index in [1.165, 1.54) is 18.4 Å². The van der Waals surface area contributed by atoms with E-state index in [1.807, 2.05) is 13.0 Å². The monoisotopic (exact) mass is 340 g/mol. The van der Waals surface area contributed by atoms with Crippen molar-refractivity contribution in [3.05, 3.63) is 28.5 Å². The molecule has 0 amide bonds. The average Bonchev–Trinajstić information content (AvgIpc) is 3.14. The van der Waals surface area contributed by atoms with Gasteiger partial charge in [-0.1, -0.05) is 22.9 Å². The first-order valence-corrected chi connectivity index (χ1v) is 8.09. The Hall–Kier alpha value is -0.540. The maximum Gasteiger partial charge on any atom is 0.127 e. The van der Waals surface area contributed by atoms with E-state index >= 15 is 0 Å². The summed E-state index contributed by atoms with van der Waals surface area (Å²) in [4.78, 5) is 4.70. The van der Waals surface area contributed by atoms with Gasteiger partial charge in [-0.2, -0.15) is 0 Å². The van der Waals surface area contributed by atoms with Gasteiger partial charge < -0.3 is 4.57 Å². The van der Waals surface area contributed by atoms with Crippen molar-refractivity contribution in [3.8, 4) is 0 Å². The van der Waals surface area contributed by atoms with Crippen molar-refractivity contribution >= 4 is 38.6 Å². The van der Waals surface area contributed by atoms with Crippen molar-refractivity contribution < 1.29 is 0 Å². The number of aromatic nitrogens is 2. The van der Waals surface area contributed by atoms with Crippen LogP contribution in [0.3, 0.4) is 0 Å². The van der Waals surface area contributed by atoms with E-state index in [1.54, 1.807) is 0 Å². The minimum atomic E-state index is -0.0578. The van der Waals surface area contributed by atoms with E-state index in [9.17, 15) is 0 Å². The summed E-state index contributed by atoms with van der Waals surface area (Å²) in [6.45, 7) is 5.35. The second-order valence-electron chi connectivity index (χ2n) is 5.64. The SMILES string of the molecule is CC(Cl)c1nc2ccc(Br)cc2n1CC(C)C1CC1. The lowest BCUT2D eigenvalue weighted by molar-refractivity contribution is 0.428. The third-order valence-electron chi connectivity index (χ3n) is 3.99. The molecule has 4 heteroatoms. The third kappa shape index (κ3) is 2.68. The van der Waals surface area contributed by atoms with Gasteiger partial charge in [0.05, 0.1) is 16.4 Å². The van der Waals surface area contributed by atoms with Crippen molar-refractivity contribution in [2.75, 3.05) is 0 Å². The minimum Gasteiger partial charge on any atom is -0.326 e. The van der Waals surface area contributed by atoms with Gasteiger partial charge in [-0.3, -0.25) is 0 Å². The van der Waals surface area contributed by atoms with E-state index in [0.717, 1.165) is 28.3 Å². The van der Waals surface area contributed by atoms with E-state index in [-0.39, 0.29) is 5.38 Å². The topological polar surface area (TPSA) is 17.8 Å². The highest BCUT2D eigenvalue weighted by atomic mass is 79.9. The summed E-state index contributed by atoms with van der Waals surface area (Å²) in [5.41, 5.74) is 2.22. The van der Waals surface area contributed by atoms with Crippen molar-refractivity contribution in [1.29, 1.82) is 0 Å². The van der Waals surface area contributed by atoms with Crippen LogP contribution in [0.15, 0.2) is 22.7 Å². The zero-order valence-corrected chi connectivity index (χ0v) is 13.6. The Morgan fingerprint density at radius 2 is 2.16 bits per heavy atom. The van der Waals surface area contributed by atoms with Crippen LogP contribution in [-0.2, 0) is 6.54 Å². The van der Waals surface area contributed by atoms with Crippen LogP contribution in [-0.4, -0.2) is 9.55 Å². The number of nitrogens with zero attached hydrogens (tertiary/aromatic N) is 2. The Kier molecular flexibility index (Phi) is 3.61. The Bertz CT molecular complexity index is 601. The molecule has 0 aliphatic heterocycles. The Morgan fingerprint density at radius 3 is 2.79 bits per heavy atom. The molecule has 1 aliphatic carbocycles. The van der Waals surface area contributed by atoms with E-state index in [4.69, 9.17) is 16.6 Å². The molecule has 1 saturated carbocycles. The Morgan fingerprint density at radius 1 is 1.42 bits per heavy atom. The van der Waals surface area contributed by atoms with Gasteiger partial charge >= 0.3 is 0 Å². The van der Waals surface area contributed by atoms with Crippen LogP contribution in [0.4, 0.5) is 0 Å². The Balaban J connectivity index is 2.06. The summed E-state index contributed by atoms with van der Waals surface area (Å²) in [7, 11) is 0. The molecule has 3 rings (SSSR count). The fourth-order valence-corrected chi connectivity index (χ4v) is 3.23. The second-order valence-corrected chi connectivity index (χ2v) is 7.21. The summed E-state index contributed by atoms with van der Waals surface area (Å²) < 4.78 is 3.40. The van der Waals surface area contributed by atoms with Gasteiger partial charge in [0.1, 0.15) is 5.82 Å². The predicted octanol–water partition coefficient (Wildman–Crippen LogP) is 5.14. The first kappa shape index (κ1) is 13.4. The number of rotatable bonds is 4. The van der Waals surface area contributed by atoms with Gasteiger partial charge in [-0.25, -0.2) is 4.98 Å². The van der Waals surface area contributed by atoms with Gasteiger partial charge in [-0.05, 0) is 49.8 Å². The van der Waals surface area contributed by atoms with Crippen LogP contribution >= 0.6 is 27.5 Å². The highest BCUT2D eigenvalue weighted by Crippen LogP contribution is 2.38. The fraction of sp³-hybridized carbons (Fsp3) is 0.533. The van der Waals surface area contributed by atoms with Crippen LogP contribution < -0.4 is 0 Å². The van der Waals surface area contributed by atoms with E-state index in [2.05, 4.69) is 39.6 Å². The number of hydrogen-bond donors (Lipinski definition) is 0. The van der Waals surface area contributed by atoms with Crippen LogP contribution in [0.5, 0.6) is 0 Å². The molecular formula is C15H18BrClN2. The molecule has 2 aromatic rings. The third-order valence-corrected chi connectivity index (χ3v) is 4.68. The van der Waals surface area contributed by atoms with Gasteiger partial charge in [-0.15, -0.1) is 11.6 Å². The number of benzene rings is 1. The molecule has 102 valence electrons. The van der Waals surface area contributed by atoms with Gasteiger partial charge in [0.2, 0.25) is 0 Å². The lowest BCUT2D eigenvalue weighted by Gasteiger charge is -2.15. The van der Waals surface area contributed by atoms with Crippen molar-refractivity contribution in [1.82, 2.24) is 9.55 Å². The van der Waals surface area contributed by atoms with Crippen LogP contribution in [0.2, 0.25) is 0 Å². The molecule has 1 aromatic carbocycles. The number of hydrogen-bond acceptors (Lipinski definition) is 1. The summed E-state index contributed by atoms with van der Waals surface area (Å²) in [6.07, 6.45) is 2.76. The average molecular weight is 342 g/mol. The molecule has 19 heavy (non-hydrogen) atoms. The van der Waals surface area contributed by atoms with Crippen molar-refractivity contribution in [2.24, 2.45) is 11.8 Å². The Labute approximate surface area is 127 Å². The van der Waals surface area contributed by atoms with Crippen molar-refractivity contribution in [2.45, 2.75) is 38.6 Å². The van der Waals surface area contributed by atoms with Crippen LogP contribution in [0.25, 0.3) is 11.0 Å². The molecule has 1 heterocycles. The molecule has 2 atom stereocenters. The highest BCUT2D eigenvalue weighted by Gasteiger charge is 2.29. The number of fused-ring (bicyclic) bond motifs is 1. The van der Waals surface area contributed by atoms with E-state index in [0.29, 0.717) is 5.92 Å². The first-order valence-electron chi connectivity index (χ1n) is 6.86. The zero-order valence-electron chi connectivity index (χ0n) is 11.2. The summed E-state index contributed by atoms with van der Waals surface area (Å²) in [5, 5.41) is -0.0578. The minimum absolute atomic E-state index is 0.0578. The molecule has 1 fully saturated rings. The molecule has 0 radical (unpaired) electrons. The number of alkyl halides is 1. The molecule has 2 unspecified atom stereocenters. The van der Waals surface area contributed by atoms with Crippen LogP contribution in [0.1, 0.15) is 37.9 Å². The number of imidazole rings is 1.